The summed E-state index contributed by atoms with van der Waals surface area (Å²) < 4.78 is 5.74. The lowest BCUT2D eigenvalue weighted by Gasteiger charge is -2.13. The zero-order valence-electron chi connectivity index (χ0n) is 15.2. The summed E-state index contributed by atoms with van der Waals surface area (Å²) in [6.45, 7) is 4.34. The van der Waals surface area contributed by atoms with Crippen molar-refractivity contribution in [3.63, 3.8) is 0 Å². The molecule has 0 saturated carbocycles. The minimum absolute atomic E-state index is 0.127. The molecule has 3 N–H and O–H groups in total. The zero-order chi connectivity index (χ0) is 18.8. The summed E-state index contributed by atoms with van der Waals surface area (Å²) in [5.74, 6) is 0.444. The lowest BCUT2D eigenvalue weighted by molar-refractivity contribution is -0.115. The van der Waals surface area contributed by atoms with Crippen molar-refractivity contribution in [3.8, 4) is 5.75 Å². The van der Waals surface area contributed by atoms with E-state index < -0.39 is 0 Å². The normalized spacial score (nSPS) is 10.1. The number of carbonyl (C=O) groups excluding carboxylic acids is 2. The summed E-state index contributed by atoms with van der Waals surface area (Å²) in [6, 6.07) is 14.5. The molecule has 0 radical (unpaired) electrons. The van der Waals surface area contributed by atoms with Crippen molar-refractivity contribution in [1.82, 2.24) is 0 Å². The molecule has 0 saturated heterocycles. The molecule has 0 atom stereocenters. The second-order valence-corrected chi connectivity index (χ2v) is 5.86. The first-order chi connectivity index (χ1) is 12.6. The van der Waals surface area contributed by atoms with Crippen LogP contribution >= 0.6 is 0 Å². The van der Waals surface area contributed by atoms with E-state index in [1.807, 2.05) is 24.3 Å². The Bertz CT molecular complexity index is 729. The number of unbranched alkanes of at least 4 members (excludes halogenated alkanes) is 1. The highest BCUT2D eigenvalue weighted by atomic mass is 16.5. The fourth-order valence-electron chi connectivity index (χ4n) is 2.29. The second-order valence-electron chi connectivity index (χ2n) is 5.86. The van der Waals surface area contributed by atoms with E-state index in [2.05, 4.69) is 22.9 Å². The van der Waals surface area contributed by atoms with Crippen LogP contribution in [0.4, 0.5) is 17.1 Å². The third-order valence-corrected chi connectivity index (χ3v) is 3.57. The third kappa shape index (κ3) is 6.47. The Morgan fingerprint density at radius 3 is 2.27 bits per heavy atom. The van der Waals surface area contributed by atoms with Gasteiger partial charge in [-0.25, -0.2) is 0 Å². The number of rotatable bonds is 9. The van der Waals surface area contributed by atoms with E-state index in [1.165, 1.54) is 6.92 Å². The number of benzene rings is 2. The van der Waals surface area contributed by atoms with Gasteiger partial charge in [-0.15, -0.1) is 0 Å². The van der Waals surface area contributed by atoms with Gasteiger partial charge < -0.3 is 20.7 Å². The SMILES string of the molecule is CCCCOc1ccccc1NCC(=O)Nc1ccc(NC(C)=O)cc1. The van der Waals surface area contributed by atoms with Crippen LogP contribution in [0.1, 0.15) is 26.7 Å². The van der Waals surface area contributed by atoms with Crippen LogP contribution in [0.15, 0.2) is 48.5 Å². The van der Waals surface area contributed by atoms with Gasteiger partial charge in [0.2, 0.25) is 11.8 Å². The van der Waals surface area contributed by atoms with E-state index in [1.54, 1.807) is 24.3 Å². The molecule has 26 heavy (non-hydrogen) atoms. The largest absolute Gasteiger partial charge is 0.491 e. The van der Waals surface area contributed by atoms with Crippen LogP contribution in [0.25, 0.3) is 0 Å². The lowest BCUT2D eigenvalue weighted by Crippen LogP contribution is -2.22. The number of hydrogen-bond donors (Lipinski definition) is 3. The lowest BCUT2D eigenvalue weighted by atomic mass is 10.2. The summed E-state index contributed by atoms with van der Waals surface area (Å²) in [5, 5.41) is 8.59. The van der Waals surface area contributed by atoms with Gasteiger partial charge in [0, 0.05) is 18.3 Å². The maximum atomic E-state index is 12.1. The number of nitrogens with one attached hydrogen (secondary N) is 3. The number of anilines is 3. The molecule has 0 aliphatic carbocycles. The average Bonchev–Trinajstić information content (AvgIpc) is 2.62. The maximum absolute atomic E-state index is 12.1. The molecule has 2 amide bonds. The fourth-order valence-corrected chi connectivity index (χ4v) is 2.29. The topological polar surface area (TPSA) is 79.5 Å². The molecular weight excluding hydrogens is 330 g/mol. The van der Waals surface area contributed by atoms with Gasteiger partial charge in [-0.3, -0.25) is 9.59 Å². The molecule has 2 aromatic carbocycles. The first-order valence-corrected chi connectivity index (χ1v) is 8.71. The molecule has 0 bridgehead atoms. The van der Waals surface area contributed by atoms with Crippen LogP contribution in [0, 0.1) is 0 Å². The van der Waals surface area contributed by atoms with Crippen LogP contribution < -0.4 is 20.7 Å². The average molecular weight is 355 g/mol. The molecule has 0 aromatic heterocycles. The Balaban J connectivity index is 1.86. The predicted octanol–water partition coefficient (Wildman–Crippen LogP) is 3.87. The molecule has 2 aromatic rings. The Morgan fingerprint density at radius 2 is 1.62 bits per heavy atom. The molecule has 6 nitrogen and oxygen atoms in total. The van der Waals surface area contributed by atoms with Crippen molar-refractivity contribution in [3.05, 3.63) is 48.5 Å². The van der Waals surface area contributed by atoms with Crippen LogP contribution in [0.3, 0.4) is 0 Å². The van der Waals surface area contributed by atoms with Gasteiger partial charge in [0.15, 0.2) is 0 Å². The van der Waals surface area contributed by atoms with Crippen molar-refractivity contribution in [2.24, 2.45) is 0 Å². The minimum atomic E-state index is -0.166. The van der Waals surface area contributed by atoms with Gasteiger partial charge in [0.1, 0.15) is 5.75 Å². The van der Waals surface area contributed by atoms with Crippen LogP contribution in [0.5, 0.6) is 5.75 Å². The molecular formula is C20H25N3O3. The van der Waals surface area contributed by atoms with Gasteiger partial charge in [0.05, 0.1) is 18.8 Å². The number of ether oxygens (including phenoxy) is 1. The van der Waals surface area contributed by atoms with Gasteiger partial charge in [-0.1, -0.05) is 25.5 Å². The number of para-hydroxylation sites is 2. The Labute approximate surface area is 153 Å². The number of amides is 2. The number of hydrogen-bond acceptors (Lipinski definition) is 4. The van der Waals surface area contributed by atoms with E-state index in [-0.39, 0.29) is 18.4 Å². The van der Waals surface area contributed by atoms with E-state index in [0.717, 1.165) is 24.3 Å². The first-order valence-electron chi connectivity index (χ1n) is 8.71. The van der Waals surface area contributed by atoms with Crippen molar-refractivity contribution in [2.45, 2.75) is 26.7 Å². The molecule has 0 aliphatic rings. The smallest absolute Gasteiger partial charge is 0.243 e. The quantitative estimate of drug-likeness (QED) is 0.597. The predicted molar refractivity (Wildman–Crippen MR) is 105 cm³/mol. The highest BCUT2D eigenvalue weighted by Gasteiger charge is 2.06. The van der Waals surface area contributed by atoms with E-state index in [0.29, 0.717) is 18.0 Å². The van der Waals surface area contributed by atoms with Crippen molar-refractivity contribution < 1.29 is 14.3 Å². The Morgan fingerprint density at radius 1 is 0.962 bits per heavy atom. The monoisotopic (exact) mass is 355 g/mol. The van der Waals surface area contributed by atoms with Crippen molar-refractivity contribution >= 4 is 28.9 Å². The molecule has 2 rings (SSSR count). The van der Waals surface area contributed by atoms with Gasteiger partial charge in [-0.2, -0.15) is 0 Å². The molecule has 0 spiro atoms. The molecule has 0 fully saturated rings. The van der Waals surface area contributed by atoms with Gasteiger partial charge in [0.25, 0.3) is 0 Å². The summed E-state index contributed by atoms with van der Waals surface area (Å²) in [6.07, 6.45) is 2.06. The molecule has 0 unspecified atom stereocenters. The maximum Gasteiger partial charge on any atom is 0.243 e. The van der Waals surface area contributed by atoms with Crippen molar-refractivity contribution in [1.29, 1.82) is 0 Å². The van der Waals surface area contributed by atoms with Gasteiger partial charge >= 0.3 is 0 Å². The van der Waals surface area contributed by atoms with Gasteiger partial charge in [-0.05, 0) is 42.8 Å². The molecule has 6 heteroatoms. The summed E-state index contributed by atoms with van der Waals surface area (Å²) in [4.78, 5) is 23.1. The van der Waals surface area contributed by atoms with Crippen molar-refractivity contribution in [2.75, 3.05) is 29.1 Å². The zero-order valence-corrected chi connectivity index (χ0v) is 15.2. The first kappa shape index (κ1) is 19.3. The van der Waals surface area contributed by atoms with E-state index in [9.17, 15) is 9.59 Å². The molecule has 138 valence electrons. The van der Waals surface area contributed by atoms with Crippen LogP contribution in [-0.2, 0) is 9.59 Å². The van der Waals surface area contributed by atoms with Crippen LogP contribution in [-0.4, -0.2) is 25.0 Å². The highest BCUT2D eigenvalue weighted by molar-refractivity contribution is 5.94. The fraction of sp³-hybridized carbons (Fsp3) is 0.300. The summed E-state index contributed by atoms with van der Waals surface area (Å²) >= 11 is 0. The Kier molecular flexibility index (Phi) is 7.49. The standard InChI is InChI=1S/C20H25N3O3/c1-3-4-13-26-19-8-6-5-7-18(19)21-14-20(25)23-17-11-9-16(10-12-17)22-15(2)24/h5-12,21H,3-4,13-14H2,1-2H3,(H,22,24)(H,23,25). The summed E-state index contributed by atoms with van der Waals surface area (Å²) in [5.41, 5.74) is 2.14. The van der Waals surface area contributed by atoms with E-state index >= 15 is 0 Å². The highest BCUT2D eigenvalue weighted by Crippen LogP contribution is 2.23. The van der Waals surface area contributed by atoms with E-state index in [4.69, 9.17) is 4.74 Å². The third-order valence-electron chi connectivity index (χ3n) is 3.57. The molecule has 0 heterocycles. The van der Waals surface area contributed by atoms with Crippen LogP contribution in [0.2, 0.25) is 0 Å². The second kappa shape index (κ2) is 10.1. The summed E-state index contributed by atoms with van der Waals surface area (Å²) in [7, 11) is 0. The Hall–Kier alpha value is -3.02. The minimum Gasteiger partial charge on any atom is -0.491 e. The number of carbonyl (C=O) groups is 2. The molecule has 0 aliphatic heterocycles.